The molecule has 124 valence electrons. The summed E-state index contributed by atoms with van der Waals surface area (Å²) in [6.07, 6.45) is 5.46. The van der Waals surface area contributed by atoms with E-state index < -0.39 is 5.91 Å². The Morgan fingerprint density at radius 3 is 2.56 bits per heavy atom. The summed E-state index contributed by atoms with van der Waals surface area (Å²) >= 11 is 1.22. The van der Waals surface area contributed by atoms with Crippen LogP contribution in [0.3, 0.4) is 0 Å². The van der Waals surface area contributed by atoms with Crippen molar-refractivity contribution in [1.29, 1.82) is 0 Å². The molecule has 6 heteroatoms. The third-order valence-electron chi connectivity index (χ3n) is 3.38. The van der Waals surface area contributed by atoms with Crippen LogP contribution < -0.4 is 11.1 Å². The van der Waals surface area contributed by atoms with E-state index in [1.54, 1.807) is 30.3 Å². The molecule has 0 radical (unpaired) electrons. The van der Waals surface area contributed by atoms with Gasteiger partial charge < -0.3 is 11.1 Å². The van der Waals surface area contributed by atoms with Crippen molar-refractivity contribution in [2.75, 3.05) is 0 Å². The minimum atomic E-state index is -0.559. The van der Waals surface area contributed by atoms with E-state index in [4.69, 9.17) is 5.73 Å². The summed E-state index contributed by atoms with van der Waals surface area (Å²) in [4.78, 5) is 28.3. The highest BCUT2D eigenvalue weighted by Crippen LogP contribution is 2.27. The Labute approximate surface area is 149 Å². The predicted molar refractivity (Wildman–Crippen MR) is 101 cm³/mol. The van der Waals surface area contributed by atoms with Crippen LogP contribution in [0.25, 0.3) is 6.08 Å². The molecule has 0 spiro atoms. The zero-order valence-electron chi connectivity index (χ0n) is 13.2. The van der Waals surface area contributed by atoms with Gasteiger partial charge in [-0.1, -0.05) is 54.6 Å². The lowest BCUT2D eigenvalue weighted by Crippen LogP contribution is -2.19. The fourth-order valence-electron chi connectivity index (χ4n) is 2.19. The molecule has 1 aliphatic rings. The lowest BCUT2D eigenvalue weighted by Gasteiger charge is -2.01. The van der Waals surface area contributed by atoms with E-state index in [1.165, 1.54) is 11.8 Å². The number of thioether (sulfide) groups is 1. The van der Waals surface area contributed by atoms with Crippen molar-refractivity contribution in [3.05, 3.63) is 82.8 Å². The largest absolute Gasteiger partial charge is 0.366 e. The maximum atomic E-state index is 12.0. The highest BCUT2D eigenvalue weighted by Gasteiger charge is 2.23. The summed E-state index contributed by atoms with van der Waals surface area (Å²) in [6.45, 7) is 0. The lowest BCUT2D eigenvalue weighted by molar-refractivity contribution is -0.115. The van der Waals surface area contributed by atoms with Crippen molar-refractivity contribution in [3.8, 4) is 0 Å². The Balaban J connectivity index is 1.78. The first-order valence-corrected chi connectivity index (χ1v) is 8.35. The van der Waals surface area contributed by atoms with Gasteiger partial charge in [-0.05, 0) is 35.5 Å². The molecule has 3 rings (SSSR count). The summed E-state index contributed by atoms with van der Waals surface area (Å²) in [5.74, 6) is -0.783. The van der Waals surface area contributed by atoms with Gasteiger partial charge in [0.2, 0.25) is 0 Å². The molecule has 0 aliphatic carbocycles. The highest BCUT2D eigenvalue weighted by molar-refractivity contribution is 8.18. The van der Waals surface area contributed by atoms with Crippen LogP contribution in [0.2, 0.25) is 0 Å². The van der Waals surface area contributed by atoms with Gasteiger partial charge in [-0.3, -0.25) is 9.59 Å². The van der Waals surface area contributed by atoms with Crippen LogP contribution in [-0.4, -0.2) is 17.0 Å². The number of carbonyl (C=O) groups excluding carboxylic acids is 2. The summed E-state index contributed by atoms with van der Waals surface area (Å²) in [6, 6.07) is 16.5. The topological polar surface area (TPSA) is 84.6 Å². The number of primary amides is 1. The Kier molecular flexibility index (Phi) is 5.11. The Morgan fingerprint density at radius 1 is 1.08 bits per heavy atom. The number of nitrogens with zero attached hydrogens (tertiary/aromatic N) is 1. The number of hydrogen-bond donors (Lipinski definition) is 2. The summed E-state index contributed by atoms with van der Waals surface area (Å²) in [5.41, 5.74) is 7.13. The van der Waals surface area contributed by atoms with Crippen LogP contribution in [-0.2, 0) is 4.79 Å². The lowest BCUT2D eigenvalue weighted by atomic mass is 10.2. The molecule has 1 fully saturated rings. The fraction of sp³-hybridized carbons (Fsp3) is 0. The predicted octanol–water partition coefficient (Wildman–Crippen LogP) is 3.23. The maximum Gasteiger partial charge on any atom is 0.264 e. The average Bonchev–Trinajstić information content (AvgIpc) is 2.95. The van der Waals surface area contributed by atoms with Crippen LogP contribution in [0, 0.1) is 0 Å². The number of benzene rings is 2. The number of amidine groups is 1. The van der Waals surface area contributed by atoms with Crippen LogP contribution in [0.4, 0.5) is 5.69 Å². The number of aliphatic imine (C=N–C) groups is 1. The summed E-state index contributed by atoms with van der Waals surface area (Å²) in [7, 11) is 0. The van der Waals surface area contributed by atoms with Gasteiger partial charge in [0, 0.05) is 0 Å². The quantitative estimate of drug-likeness (QED) is 0.831. The zero-order chi connectivity index (χ0) is 17.6. The molecule has 0 unspecified atom stereocenters. The molecule has 2 aromatic rings. The molecule has 3 N–H and O–H groups in total. The molecule has 0 aromatic heterocycles. The van der Waals surface area contributed by atoms with E-state index in [-0.39, 0.29) is 5.91 Å². The summed E-state index contributed by atoms with van der Waals surface area (Å²) in [5, 5.41) is 3.10. The molecular weight excluding hydrogens is 334 g/mol. The third kappa shape index (κ3) is 4.24. The number of nitrogens with two attached hydrogens (primary N) is 1. The number of rotatable bonds is 4. The smallest absolute Gasteiger partial charge is 0.264 e. The van der Waals surface area contributed by atoms with Crippen molar-refractivity contribution in [3.63, 3.8) is 0 Å². The second-order valence-corrected chi connectivity index (χ2v) is 6.19. The molecule has 0 bridgehead atoms. The number of hydrogen-bond acceptors (Lipinski definition) is 4. The highest BCUT2D eigenvalue weighted by atomic mass is 32.2. The molecule has 25 heavy (non-hydrogen) atoms. The van der Waals surface area contributed by atoms with Gasteiger partial charge >= 0.3 is 0 Å². The van der Waals surface area contributed by atoms with Gasteiger partial charge in [-0.25, -0.2) is 4.99 Å². The molecule has 1 aliphatic heterocycles. The Morgan fingerprint density at radius 2 is 1.80 bits per heavy atom. The van der Waals surface area contributed by atoms with Crippen LogP contribution in [0.5, 0.6) is 0 Å². The van der Waals surface area contributed by atoms with Crippen molar-refractivity contribution in [1.82, 2.24) is 5.32 Å². The molecule has 2 amide bonds. The van der Waals surface area contributed by atoms with Gasteiger partial charge in [-0.2, -0.15) is 0 Å². The molecule has 0 saturated carbocycles. The van der Waals surface area contributed by atoms with E-state index >= 15 is 0 Å². The van der Waals surface area contributed by atoms with Crippen LogP contribution >= 0.6 is 11.8 Å². The summed E-state index contributed by atoms with van der Waals surface area (Å²) < 4.78 is 0. The van der Waals surface area contributed by atoms with Crippen molar-refractivity contribution < 1.29 is 9.59 Å². The molecule has 1 saturated heterocycles. The normalized spacial score (nSPS) is 17.4. The van der Waals surface area contributed by atoms with E-state index in [0.717, 1.165) is 5.56 Å². The van der Waals surface area contributed by atoms with E-state index in [0.29, 0.717) is 21.3 Å². The monoisotopic (exact) mass is 349 g/mol. The van der Waals surface area contributed by atoms with Gasteiger partial charge in [0.05, 0.1) is 16.2 Å². The number of para-hydroxylation sites is 1. The third-order valence-corrected chi connectivity index (χ3v) is 4.31. The number of amides is 2. The molecule has 0 atom stereocenters. The Hall–Kier alpha value is -3.12. The number of allylic oxidation sites excluding steroid dienone is 2. The first kappa shape index (κ1) is 16.7. The van der Waals surface area contributed by atoms with Crippen molar-refractivity contribution in [2.24, 2.45) is 10.7 Å². The van der Waals surface area contributed by atoms with Gasteiger partial charge in [0.1, 0.15) is 0 Å². The number of nitrogens with one attached hydrogen (secondary N) is 1. The minimum absolute atomic E-state index is 0.224. The van der Waals surface area contributed by atoms with E-state index in [9.17, 15) is 9.59 Å². The minimum Gasteiger partial charge on any atom is -0.366 e. The van der Waals surface area contributed by atoms with Crippen molar-refractivity contribution in [2.45, 2.75) is 0 Å². The van der Waals surface area contributed by atoms with Crippen LogP contribution in [0.1, 0.15) is 15.9 Å². The maximum absolute atomic E-state index is 12.0. The van der Waals surface area contributed by atoms with E-state index in [2.05, 4.69) is 10.3 Å². The van der Waals surface area contributed by atoms with Gasteiger partial charge in [0.25, 0.3) is 11.8 Å². The molecule has 1 heterocycles. The second kappa shape index (κ2) is 7.63. The molecule has 2 aromatic carbocycles. The SMILES string of the molecule is NC(=O)c1ccccc1N=C1NC(=O)/C(=C/C=C/c2ccccc2)S1. The van der Waals surface area contributed by atoms with Crippen LogP contribution in [0.15, 0.2) is 76.6 Å². The second-order valence-electron chi connectivity index (χ2n) is 5.16. The average molecular weight is 349 g/mol. The van der Waals surface area contributed by atoms with E-state index in [1.807, 2.05) is 42.5 Å². The first-order chi connectivity index (χ1) is 12.1. The van der Waals surface area contributed by atoms with Crippen molar-refractivity contribution >= 4 is 40.5 Å². The molecule has 5 nitrogen and oxygen atoms in total. The van der Waals surface area contributed by atoms with Gasteiger partial charge in [0.15, 0.2) is 5.17 Å². The van der Waals surface area contributed by atoms with Gasteiger partial charge in [-0.15, -0.1) is 0 Å². The Bertz CT molecular complexity index is 902. The number of carbonyl (C=O) groups is 2. The standard InChI is InChI=1S/C19H15N3O2S/c20-17(23)14-10-4-5-11-15(14)21-19-22-18(24)16(25-19)12-6-9-13-7-2-1-3-8-13/h1-12H,(H2,20,23)(H,21,22,24)/b9-6+,16-12-. The molecular formula is C19H15N3O2S. The first-order valence-electron chi connectivity index (χ1n) is 7.53. The fourth-order valence-corrected chi connectivity index (χ4v) is 2.98. The zero-order valence-corrected chi connectivity index (χ0v) is 14.0.